The van der Waals surface area contributed by atoms with Gasteiger partial charge in [0.05, 0.1) is 5.56 Å². The van der Waals surface area contributed by atoms with E-state index in [-0.39, 0.29) is 12.3 Å². The van der Waals surface area contributed by atoms with Gasteiger partial charge in [-0.1, -0.05) is 18.2 Å². The first-order valence-corrected chi connectivity index (χ1v) is 10.6. The lowest BCUT2D eigenvalue weighted by molar-refractivity contribution is -0.137. The predicted molar refractivity (Wildman–Crippen MR) is 118 cm³/mol. The Kier molecular flexibility index (Phi) is 6.21. The highest BCUT2D eigenvalue weighted by Crippen LogP contribution is 2.31. The summed E-state index contributed by atoms with van der Waals surface area (Å²) in [5.74, 6) is 0.768. The van der Waals surface area contributed by atoms with Crippen molar-refractivity contribution in [2.45, 2.75) is 38.4 Å². The van der Waals surface area contributed by atoms with Crippen LogP contribution in [-0.4, -0.2) is 30.1 Å². The van der Waals surface area contributed by atoms with Crippen LogP contribution in [-0.2, 0) is 11.0 Å². The van der Waals surface area contributed by atoms with Gasteiger partial charge in [0.15, 0.2) is 6.61 Å². The number of carbonyl (C=O) groups is 1. The number of ether oxygens (including phenoxy) is 1. The molecule has 1 atom stereocenters. The van der Waals surface area contributed by atoms with Crippen molar-refractivity contribution < 1.29 is 22.7 Å². The number of aromatic nitrogens is 1. The Morgan fingerprint density at radius 1 is 1.16 bits per heavy atom. The predicted octanol–water partition coefficient (Wildman–Crippen LogP) is 5.65. The Labute approximate surface area is 184 Å². The maximum absolute atomic E-state index is 12.9. The van der Waals surface area contributed by atoms with Crippen LogP contribution in [0.5, 0.6) is 5.75 Å². The number of anilines is 2. The van der Waals surface area contributed by atoms with Gasteiger partial charge >= 0.3 is 6.18 Å². The van der Waals surface area contributed by atoms with Crippen molar-refractivity contribution in [1.29, 1.82) is 0 Å². The standard InChI is InChI=1S/C24H24F3N3O2/c1-16-6-2-3-13-30(16)21-12-11-17-7-4-10-20(23(17)29-21)32-15-22(31)28-19-9-5-8-18(14-19)24(25,26)27/h4-5,7-12,14,16H,2-3,6,13,15H2,1H3,(H,28,31). The number of pyridine rings is 1. The smallest absolute Gasteiger partial charge is 0.416 e. The molecule has 168 valence electrons. The monoisotopic (exact) mass is 443 g/mol. The molecule has 1 amide bonds. The topological polar surface area (TPSA) is 54.5 Å². The zero-order chi connectivity index (χ0) is 22.7. The first-order chi connectivity index (χ1) is 15.3. The molecule has 1 aliphatic rings. The van der Waals surface area contributed by atoms with E-state index in [1.807, 2.05) is 24.3 Å². The van der Waals surface area contributed by atoms with Crippen molar-refractivity contribution in [3.05, 3.63) is 60.2 Å². The molecule has 2 aromatic carbocycles. The van der Waals surface area contributed by atoms with Crippen LogP contribution in [0.1, 0.15) is 31.7 Å². The molecule has 1 unspecified atom stereocenters. The minimum absolute atomic E-state index is 0.0610. The Balaban J connectivity index is 1.48. The van der Waals surface area contributed by atoms with Crippen molar-refractivity contribution in [2.75, 3.05) is 23.4 Å². The van der Waals surface area contributed by atoms with E-state index in [9.17, 15) is 18.0 Å². The molecule has 4 rings (SSSR count). The lowest BCUT2D eigenvalue weighted by Gasteiger charge is -2.34. The van der Waals surface area contributed by atoms with Gasteiger partial charge < -0.3 is 15.0 Å². The number of hydrogen-bond acceptors (Lipinski definition) is 4. The van der Waals surface area contributed by atoms with E-state index < -0.39 is 17.6 Å². The highest BCUT2D eigenvalue weighted by atomic mass is 19.4. The number of halogens is 3. The number of benzene rings is 2. The van der Waals surface area contributed by atoms with Crippen LogP contribution in [0.3, 0.4) is 0 Å². The summed E-state index contributed by atoms with van der Waals surface area (Å²) in [5, 5.41) is 3.33. The molecule has 3 aromatic rings. The summed E-state index contributed by atoms with van der Waals surface area (Å²) in [6, 6.07) is 14.3. The number of nitrogens with zero attached hydrogens (tertiary/aromatic N) is 2. The van der Waals surface area contributed by atoms with E-state index in [1.165, 1.54) is 18.6 Å². The van der Waals surface area contributed by atoms with Gasteiger partial charge in [0.25, 0.3) is 5.91 Å². The number of fused-ring (bicyclic) bond motifs is 1. The van der Waals surface area contributed by atoms with Crippen molar-refractivity contribution in [3.63, 3.8) is 0 Å². The van der Waals surface area contributed by atoms with Gasteiger partial charge in [0.2, 0.25) is 0 Å². The van der Waals surface area contributed by atoms with Crippen LogP contribution < -0.4 is 15.0 Å². The SMILES string of the molecule is CC1CCCCN1c1ccc2cccc(OCC(=O)Nc3cccc(C(F)(F)F)c3)c2n1. The first-order valence-electron chi connectivity index (χ1n) is 10.6. The van der Waals surface area contributed by atoms with E-state index in [0.717, 1.165) is 42.7 Å². The van der Waals surface area contributed by atoms with E-state index in [4.69, 9.17) is 9.72 Å². The summed E-state index contributed by atoms with van der Waals surface area (Å²) >= 11 is 0. The normalized spacial score (nSPS) is 16.8. The average molecular weight is 443 g/mol. The second kappa shape index (κ2) is 9.06. The molecule has 5 nitrogen and oxygen atoms in total. The maximum Gasteiger partial charge on any atom is 0.416 e. The van der Waals surface area contributed by atoms with Gasteiger partial charge in [-0.15, -0.1) is 0 Å². The first kappa shape index (κ1) is 21.9. The van der Waals surface area contributed by atoms with Crippen LogP contribution in [0.4, 0.5) is 24.7 Å². The van der Waals surface area contributed by atoms with E-state index >= 15 is 0 Å². The zero-order valence-corrected chi connectivity index (χ0v) is 17.7. The highest BCUT2D eigenvalue weighted by molar-refractivity contribution is 5.92. The van der Waals surface area contributed by atoms with Crippen LogP contribution in [0.15, 0.2) is 54.6 Å². The molecule has 0 aliphatic carbocycles. The van der Waals surface area contributed by atoms with E-state index in [0.29, 0.717) is 17.3 Å². The third-order valence-corrected chi connectivity index (χ3v) is 5.60. The van der Waals surface area contributed by atoms with Crippen LogP contribution in [0, 0.1) is 0 Å². The Morgan fingerprint density at radius 2 is 1.97 bits per heavy atom. The van der Waals surface area contributed by atoms with Crippen molar-refractivity contribution >= 4 is 28.3 Å². The highest BCUT2D eigenvalue weighted by Gasteiger charge is 2.30. The molecule has 1 fully saturated rings. The van der Waals surface area contributed by atoms with Gasteiger partial charge in [0, 0.05) is 23.7 Å². The molecule has 1 aromatic heterocycles. The van der Waals surface area contributed by atoms with E-state index in [1.54, 1.807) is 6.07 Å². The fourth-order valence-electron chi connectivity index (χ4n) is 3.94. The van der Waals surface area contributed by atoms with Crippen LogP contribution in [0.25, 0.3) is 10.9 Å². The van der Waals surface area contributed by atoms with Crippen molar-refractivity contribution in [3.8, 4) is 5.75 Å². The third kappa shape index (κ3) is 4.95. The molecule has 0 radical (unpaired) electrons. The number of nitrogens with one attached hydrogen (secondary N) is 1. The molecule has 0 saturated carbocycles. The largest absolute Gasteiger partial charge is 0.481 e. The molecule has 1 saturated heterocycles. The fourth-order valence-corrected chi connectivity index (χ4v) is 3.94. The number of carbonyl (C=O) groups excluding carboxylic acids is 1. The second-order valence-electron chi connectivity index (χ2n) is 7.95. The van der Waals surface area contributed by atoms with E-state index in [2.05, 4.69) is 17.1 Å². The van der Waals surface area contributed by atoms with Gasteiger partial charge in [-0.05, 0) is 62.6 Å². The number of hydrogen-bond donors (Lipinski definition) is 1. The Bertz CT molecular complexity index is 1120. The Hall–Kier alpha value is -3.29. The average Bonchev–Trinajstić information content (AvgIpc) is 2.77. The number of para-hydroxylation sites is 1. The lowest BCUT2D eigenvalue weighted by atomic mass is 10.0. The minimum atomic E-state index is -4.48. The molecule has 1 N–H and O–H groups in total. The minimum Gasteiger partial charge on any atom is -0.481 e. The number of amides is 1. The van der Waals surface area contributed by atoms with Crippen LogP contribution >= 0.6 is 0 Å². The Morgan fingerprint density at radius 3 is 2.75 bits per heavy atom. The lowest BCUT2D eigenvalue weighted by Crippen LogP contribution is -2.37. The molecular weight excluding hydrogens is 419 g/mol. The summed E-state index contributed by atoms with van der Waals surface area (Å²) in [5.41, 5.74) is -0.116. The molecule has 2 heterocycles. The number of alkyl halides is 3. The molecular formula is C24H24F3N3O2. The summed E-state index contributed by atoms with van der Waals surface area (Å²) in [6.07, 6.45) is -1.03. The molecule has 0 bridgehead atoms. The summed E-state index contributed by atoms with van der Waals surface area (Å²) < 4.78 is 44.3. The molecule has 1 aliphatic heterocycles. The van der Waals surface area contributed by atoms with Crippen LogP contribution in [0.2, 0.25) is 0 Å². The van der Waals surface area contributed by atoms with Gasteiger partial charge in [-0.2, -0.15) is 13.2 Å². The van der Waals surface area contributed by atoms with Gasteiger partial charge in [-0.25, -0.2) is 4.98 Å². The fraction of sp³-hybridized carbons (Fsp3) is 0.333. The number of rotatable bonds is 5. The van der Waals surface area contributed by atoms with Crippen molar-refractivity contribution in [2.24, 2.45) is 0 Å². The van der Waals surface area contributed by atoms with Gasteiger partial charge in [0.1, 0.15) is 17.1 Å². The molecule has 8 heteroatoms. The summed E-state index contributed by atoms with van der Waals surface area (Å²) in [4.78, 5) is 19.4. The summed E-state index contributed by atoms with van der Waals surface area (Å²) in [7, 11) is 0. The van der Waals surface area contributed by atoms with Gasteiger partial charge in [-0.3, -0.25) is 4.79 Å². The quantitative estimate of drug-likeness (QED) is 0.554. The second-order valence-corrected chi connectivity index (χ2v) is 7.95. The summed E-state index contributed by atoms with van der Waals surface area (Å²) in [6.45, 7) is 2.79. The third-order valence-electron chi connectivity index (χ3n) is 5.60. The number of piperidine rings is 1. The zero-order valence-electron chi connectivity index (χ0n) is 17.7. The molecule has 0 spiro atoms. The van der Waals surface area contributed by atoms with Crippen molar-refractivity contribution in [1.82, 2.24) is 4.98 Å². The molecule has 32 heavy (non-hydrogen) atoms. The maximum atomic E-state index is 12.9.